The number of nitrogens with zero attached hydrogens (tertiary/aromatic N) is 1. The molecule has 1 aliphatic rings. The van der Waals surface area contributed by atoms with Gasteiger partial charge >= 0.3 is 15.5 Å². The molecule has 1 rings (SSSR count). The summed E-state index contributed by atoms with van der Waals surface area (Å²) in [4.78, 5) is 0. The quantitative estimate of drug-likeness (QED) is 0.577. The molecule has 1 fully saturated rings. The van der Waals surface area contributed by atoms with Crippen LogP contribution in [0, 0.1) is 5.92 Å². The molecule has 0 aromatic rings. The van der Waals surface area contributed by atoms with Crippen LogP contribution in [0.25, 0.3) is 0 Å². The molecule has 4 nitrogen and oxygen atoms in total. The van der Waals surface area contributed by atoms with E-state index >= 15 is 0 Å². The average molecular weight is 328 g/mol. The Morgan fingerprint density at radius 3 is 1.67 bits per heavy atom. The van der Waals surface area contributed by atoms with Crippen LogP contribution in [0.4, 0.5) is 13.2 Å². The minimum Gasteiger partial charge on any atom is -0.861 e. The van der Waals surface area contributed by atoms with Crippen molar-refractivity contribution in [3.05, 3.63) is 0 Å². The fraction of sp³-hybridized carbons (Fsp3) is 0.923. The monoisotopic (exact) mass is 328 g/mol. The fourth-order valence-electron chi connectivity index (χ4n) is 2.48. The first-order valence-corrected chi connectivity index (χ1v) is 8.76. The first-order valence-electron chi connectivity index (χ1n) is 7.32. The molecular weight excluding hydrogens is 307 g/mol. The Hall–Kier alpha value is -0.790. The summed E-state index contributed by atoms with van der Waals surface area (Å²) in [7, 11) is -5.72. The highest BCUT2D eigenvalue weighted by Crippen LogP contribution is 2.27. The summed E-state index contributed by atoms with van der Waals surface area (Å²) >= 11 is 0. The summed E-state index contributed by atoms with van der Waals surface area (Å²) in [5.74, 6) is -1.85. The number of halogens is 3. The van der Waals surface area contributed by atoms with Gasteiger partial charge in [0.05, 0.1) is 0 Å². The minimum absolute atomic E-state index is 0.412. The van der Waals surface area contributed by atoms with Gasteiger partial charge in [-0.05, 0) is 24.7 Å². The molecule has 0 aromatic heterocycles. The highest BCUT2D eigenvalue weighted by Gasteiger charge is 2.45. The first kappa shape index (κ1) is 18.3. The Morgan fingerprint density at radius 2 is 1.29 bits per heavy atom. The standard InChI is InChI=1S/C13H22F3NO3S/c14-13(15,16)21(19,20)17-12(18)11-9-7-5-3-1-2-4-6-8-10-11/h11H,1-10H2,(H,17,18)/p-1. The molecule has 0 atom stereocenters. The lowest BCUT2D eigenvalue weighted by Crippen LogP contribution is -2.32. The minimum atomic E-state index is -5.72. The van der Waals surface area contributed by atoms with Gasteiger partial charge in [-0.1, -0.05) is 51.4 Å². The van der Waals surface area contributed by atoms with Gasteiger partial charge in [0.25, 0.3) is 0 Å². The smallest absolute Gasteiger partial charge is 0.518 e. The van der Waals surface area contributed by atoms with Crippen molar-refractivity contribution in [3.63, 3.8) is 0 Å². The zero-order valence-corrected chi connectivity index (χ0v) is 12.7. The van der Waals surface area contributed by atoms with Crippen molar-refractivity contribution < 1.29 is 26.7 Å². The third kappa shape index (κ3) is 6.23. The van der Waals surface area contributed by atoms with Gasteiger partial charge in [0.1, 0.15) is 0 Å². The predicted octanol–water partition coefficient (Wildman–Crippen LogP) is 3.13. The first-order chi connectivity index (χ1) is 9.74. The lowest BCUT2D eigenvalue weighted by Gasteiger charge is -2.23. The lowest BCUT2D eigenvalue weighted by atomic mass is 9.95. The van der Waals surface area contributed by atoms with Crippen molar-refractivity contribution in [2.75, 3.05) is 0 Å². The largest absolute Gasteiger partial charge is 0.861 e. The van der Waals surface area contributed by atoms with E-state index in [4.69, 9.17) is 0 Å². The normalized spacial score (nSPS) is 21.8. The SMILES string of the molecule is O=S(=O)(/N=C(\[O-])C1CCCCCCCCCC1)C(F)(F)F. The van der Waals surface area contributed by atoms with Crippen LogP contribution in [0.2, 0.25) is 0 Å². The zero-order chi connectivity index (χ0) is 15.9. The van der Waals surface area contributed by atoms with E-state index in [1.165, 1.54) is 0 Å². The maximum absolute atomic E-state index is 12.2. The van der Waals surface area contributed by atoms with E-state index < -0.39 is 27.3 Å². The van der Waals surface area contributed by atoms with Crippen LogP contribution in [0.1, 0.15) is 64.2 Å². The van der Waals surface area contributed by atoms with Crippen LogP contribution in [0.3, 0.4) is 0 Å². The van der Waals surface area contributed by atoms with Gasteiger partial charge < -0.3 is 5.11 Å². The molecule has 0 saturated heterocycles. The van der Waals surface area contributed by atoms with Crippen LogP contribution in [-0.4, -0.2) is 19.8 Å². The predicted molar refractivity (Wildman–Crippen MR) is 72.1 cm³/mol. The van der Waals surface area contributed by atoms with E-state index in [9.17, 15) is 26.7 Å². The summed E-state index contributed by atoms with van der Waals surface area (Å²) in [6, 6.07) is 0. The third-order valence-electron chi connectivity index (χ3n) is 3.71. The van der Waals surface area contributed by atoms with Gasteiger partial charge in [-0.3, -0.25) is 0 Å². The summed E-state index contributed by atoms with van der Waals surface area (Å²) in [6.45, 7) is 0. The van der Waals surface area contributed by atoms with Crippen molar-refractivity contribution >= 4 is 15.9 Å². The maximum Gasteiger partial charge on any atom is 0.518 e. The van der Waals surface area contributed by atoms with Crippen molar-refractivity contribution in [1.29, 1.82) is 0 Å². The summed E-state index contributed by atoms with van der Waals surface area (Å²) in [5, 5.41) is 11.8. The van der Waals surface area contributed by atoms with Gasteiger partial charge in [0.2, 0.25) is 0 Å². The van der Waals surface area contributed by atoms with Crippen molar-refractivity contribution in [3.8, 4) is 0 Å². The Balaban J connectivity index is 2.78. The maximum atomic E-state index is 12.2. The second-order valence-electron chi connectivity index (χ2n) is 5.45. The number of hydrogen-bond donors (Lipinski definition) is 0. The number of hydrogen-bond acceptors (Lipinski definition) is 3. The molecular formula is C13H21F3NO3S-. The molecule has 0 aliphatic heterocycles. The number of sulfonamides is 1. The number of alkyl halides is 3. The molecule has 8 heteroatoms. The molecule has 0 aromatic carbocycles. The Labute approximate surface area is 123 Å². The van der Waals surface area contributed by atoms with Crippen LogP contribution >= 0.6 is 0 Å². The molecule has 21 heavy (non-hydrogen) atoms. The van der Waals surface area contributed by atoms with E-state index in [1.807, 2.05) is 0 Å². The summed E-state index contributed by atoms with van der Waals surface area (Å²) in [5.41, 5.74) is -5.50. The van der Waals surface area contributed by atoms with E-state index in [0.717, 1.165) is 51.4 Å². The molecule has 124 valence electrons. The Morgan fingerprint density at radius 1 is 0.905 bits per heavy atom. The lowest BCUT2D eigenvalue weighted by molar-refractivity contribution is -0.224. The molecule has 0 amide bonds. The second kappa shape index (κ2) is 8.00. The fourth-order valence-corrected chi connectivity index (χ4v) is 2.97. The van der Waals surface area contributed by atoms with Crippen LogP contribution in [0.5, 0.6) is 0 Å². The van der Waals surface area contributed by atoms with Crippen LogP contribution in [0.15, 0.2) is 4.40 Å². The molecule has 0 heterocycles. The third-order valence-corrected chi connectivity index (χ3v) is 4.71. The van der Waals surface area contributed by atoms with Gasteiger partial charge in [0.15, 0.2) is 0 Å². The van der Waals surface area contributed by atoms with Gasteiger partial charge in [-0.2, -0.15) is 26.0 Å². The van der Waals surface area contributed by atoms with Gasteiger partial charge in [0, 0.05) is 0 Å². The van der Waals surface area contributed by atoms with Crippen molar-refractivity contribution in [2.24, 2.45) is 10.3 Å². The molecule has 0 spiro atoms. The number of rotatable bonds is 2. The van der Waals surface area contributed by atoms with Crippen molar-refractivity contribution in [1.82, 2.24) is 0 Å². The van der Waals surface area contributed by atoms with E-state index in [1.54, 1.807) is 0 Å². The van der Waals surface area contributed by atoms with E-state index in [0.29, 0.717) is 12.8 Å². The zero-order valence-electron chi connectivity index (χ0n) is 11.9. The molecule has 0 unspecified atom stereocenters. The highest BCUT2D eigenvalue weighted by molar-refractivity contribution is 7.91. The molecule has 1 saturated carbocycles. The second-order valence-corrected chi connectivity index (χ2v) is 7.05. The summed E-state index contributed by atoms with van der Waals surface area (Å²) in [6.07, 6.45) is 8.43. The average Bonchev–Trinajstić information content (AvgIpc) is 2.41. The Bertz CT molecular complexity index is 434. The van der Waals surface area contributed by atoms with Gasteiger partial charge in [-0.15, -0.1) is 0 Å². The van der Waals surface area contributed by atoms with E-state index in [-0.39, 0.29) is 0 Å². The summed E-state index contributed by atoms with van der Waals surface area (Å²) < 4.78 is 61.0. The van der Waals surface area contributed by atoms with Gasteiger partial charge in [-0.25, -0.2) is 0 Å². The topological polar surface area (TPSA) is 69.6 Å². The molecule has 0 N–H and O–H groups in total. The Kier molecular flexibility index (Phi) is 6.96. The highest BCUT2D eigenvalue weighted by atomic mass is 32.2. The van der Waals surface area contributed by atoms with Crippen molar-refractivity contribution in [2.45, 2.75) is 69.7 Å². The van der Waals surface area contributed by atoms with Crippen LogP contribution in [-0.2, 0) is 10.0 Å². The van der Waals surface area contributed by atoms with E-state index in [2.05, 4.69) is 4.40 Å². The molecule has 1 aliphatic carbocycles. The molecule has 0 radical (unpaired) electrons. The molecule has 0 bridgehead atoms. The van der Waals surface area contributed by atoms with Crippen LogP contribution < -0.4 is 5.11 Å².